The predicted molar refractivity (Wildman–Crippen MR) is 81.7 cm³/mol. The van der Waals surface area contributed by atoms with E-state index in [1.54, 1.807) is 23.1 Å². The smallest absolute Gasteiger partial charge is 0.339 e. The lowest BCUT2D eigenvalue weighted by Gasteiger charge is -2.40. The minimum absolute atomic E-state index is 0.182. The number of carbonyl (C=O) groups excluding carboxylic acids is 1. The molecule has 4 nitrogen and oxygen atoms in total. The monoisotopic (exact) mass is 329 g/mol. The van der Waals surface area contributed by atoms with Crippen LogP contribution in [0, 0.1) is 0 Å². The molecular formula is C16H22F3N3O. The highest BCUT2D eigenvalue weighted by Gasteiger charge is 2.45. The van der Waals surface area contributed by atoms with Crippen LogP contribution in [0.5, 0.6) is 0 Å². The fraction of sp³-hybridized carbons (Fsp3) is 0.562. The zero-order valence-electron chi connectivity index (χ0n) is 13.1. The Labute approximate surface area is 134 Å². The highest BCUT2D eigenvalue weighted by molar-refractivity contribution is 5.81. The van der Waals surface area contributed by atoms with Gasteiger partial charge in [0.25, 0.3) is 0 Å². The van der Waals surface area contributed by atoms with Gasteiger partial charge in [0.05, 0.1) is 6.04 Å². The van der Waals surface area contributed by atoms with Crippen molar-refractivity contribution in [1.29, 1.82) is 0 Å². The number of alkyl halides is 3. The molecular weight excluding hydrogens is 307 g/mol. The van der Waals surface area contributed by atoms with Crippen LogP contribution in [0.2, 0.25) is 0 Å². The van der Waals surface area contributed by atoms with Crippen LogP contribution in [0.1, 0.15) is 24.9 Å². The minimum Gasteiger partial charge on any atom is -0.339 e. The van der Waals surface area contributed by atoms with E-state index >= 15 is 0 Å². The molecule has 1 aromatic rings. The van der Waals surface area contributed by atoms with Crippen LogP contribution >= 0.6 is 0 Å². The average molecular weight is 329 g/mol. The Kier molecular flexibility index (Phi) is 5.64. The molecule has 1 aromatic carbocycles. The third kappa shape index (κ3) is 4.23. The highest BCUT2D eigenvalue weighted by atomic mass is 19.4. The predicted octanol–water partition coefficient (Wildman–Crippen LogP) is 2.17. The van der Waals surface area contributed by atoms with Crippen LogP contribution in [0.3, 0.4) is 0 Å². The molecule has 0 spiro atoms. The number of hydrogen-bond acceptors (Lipinski definition) is 3. The van der Waals surface area contributed by atoms with Crippen molar-refractivity contribution < 1.29 is 18.0 Å². The highest BCUT2D eigenvalue weighted by Crippen LogP contribution is 2.38. The summed E-state index contributed by atoms with van der Waals surface area (Å²) in [5, 5.41) is 0. The molecule has 0 radical (unpaired) electrons. The van der Waals surface area contributed by atoms with Gasteiger partial charge >= 0.3 is 6.18 Å². The Morgan fingerprint density at radius 1 is 1.17 bits per heavy atom. The Bertz CT molecular complexity index is 513. The van der Waals surface area contributed by atoms with Gasteiger partial charge in [-0.25, -0.2) is 0 Å². The van der Waals surface area contributed by atoms with Gasteiger partial charge in [-0.2, -0.15) is 13.2 Å². The topological polar surface area (TPSA) is 49.6 Å². The van der Waals surface area contributed by atoms with E-state index in [4.69, 9.17) is 5.73 Å². The first-order valence-corrected chi connectivity index (χ1v) is 7.74. The number of halogens is 3. The van der Waals surface area contributed by atoms with E-state index in [1.807, 2.05) is 6.92 Å². The van der Waals surface area contributed by atoms with Gasteiger partial charge in [0.15, 0.2) is 0 Å². The molecule has 1 heterocycles. The molecule has 0 saturated carbocycles. The Morgan fingerprint density at radius 2 is 1.74 bits per heavy atom. The third-order valence-electron chi connectivity index (χ3n) is 4.17. The first kappa shape index (κ1) is 17.7. The second kappa shape index (κ2) is 7.31. The Hall–Kier alpha value is -1.60. The average Bonchev–Trinajstić information content (AvgIpc) is 2.54. The lowest BCUT2D eigenvalue weighted by Crippen LogP contribution is -2.55. The largest absolute Gasteiger partial charge is 0.408 e. The van der Waals surface area contributed by atoms with Crippen molar-refractivity contribution in [2.24, 2.45) is 5.73 Å². The molecule has 0 aromatic heterocycles. The molecule has 1 amide bonds. The molecule has 1 aliphatic heterocycles. The van der Waals surface area contributed by atoms with E-state index in [0.29, 0.717) is 6.42 Å². The summed E-state index contributed by atoms with van der Waals surface area (Å²) in [4.78, 5) is 15.0. The molecule has 0 unspecified atom stereocenters. The van der Waals surface area contributed by atoms with Gasteiger partial charge in [-0.1, -0.05) is 37.3 Å². The van der Waals surface area contributed by atoms with E-state index in [-0.39, 0.29) is 37.6 Å². The van der Waals surface area contributed by atoms with Gasteiger partial charge in [0, 0.05) is 26.2 Å². The SMILES string of the molecule is CC[C@H](N)C(=O)N1CCN([C@H](c2ccccc2)C(F)(F)F)CC1. The summed E-state index contributed by atoms with van der Waals surface area (Å²) in [5.74, 6) is -0.185. The molecule has 0 bridgehead atoms. The number of piperazine rings is 1. The maximum Gasteiger partial charge on any atom is 0.408 e. The maximum absolute atomic E-state index is 13.5. The second-order valence-corrected chi connectivity index (χ2v) is 5.73. The first-order chi connectivity index (χ1) is 10.8. The van der Waals surface area contributed by atoms with Crippen LogP contribution in [0.15, 0.2) is 30.3 Å². The third-order valence-corrected chi connectivity index (χ3v) is 4.17. The van der Waals surface area contributed by atoms with Crippen molar-refractivity contribution >= 4 is 5.91 Å². The number of hydrogen-bond donors (Lipinski definition) is 1. The maximum atomic E-state index is 13.5. The molecule has 23 heavy (non-hydrogen) atoms. The summed E-state index contributed by atoms with van der Waals surface area (Å²) in [6, 6.07) is 5.67. The zero-order chi connectivity index (χ0) is 17.0. The lowest BCUT2D eigenvalue weighted by molar-refractivity contribution is -0.190. The number of amides is 1. The van der Waals surface area contributed by atoms with Crippen molar-refractivity contribution in [2.45, 2.75) is 31.6 Å². The van der Waals surface area contributed by atoms with Gasteiger partial charge in [0.1, 0.15) is 6.04 Å². The van der Waals surface area contributed by atoms with Gasteiger partial charge < -0.3 is 10.6 Å². The fourth-order valence-electron chi connectivity index (χ4n) is 2.85. The summed E-state index contributed by atoms with van der Waals surface area (Å²) in [5.41, 5.74) is 5.94. The molecule has 1 aliphatic rings. The van der Waals surface area contributed by atoms with Crippen LogP contribution in [0.4, 0.5) is 13.2 Å². The number of carbonyl (C=O) groups is 1. The molecule has 1 saturated heterocycles. The van der Waals surface area contributed by atoms with Crippen molar-refractivity contribution in [2.75, 3.05) is 26.2 Å². The molecule has 2 rings (SSSR count). The molecule has 0 aliphatic carbocycles. The van der Waals surface area contributed by atoms with Crippen molar-refractivity contribution in [3.8, 4) is 0 Å². The van der Waals surface area contributed by atoms with E-state index in [2.05, 4.69) is 0 Å². The quantitative estimate of drug-likeness (QED) is 0.921. The summed E-state index contributed by atoms with van der Waals surface area (Å²) in [6.45, 7) is 2.72. The molecule has 7 heteroatoms. The van der Waals surface area contributed by atoms with Gasteiger partial charge in [-0.3, -0.25) is 9.69 Å². The van der Waals surface area contributed by atoms with Gasteiger partial charge in [-0.05, 0) is 12.0 Å². The van der Waals surface area contributed by atoms with Crippen LogP contribution in [0.25, 0.3) is 0 Å². The number of nitrogens with zero attached hydrogens (tertiary/aromatic N) is 2. The minimum atomic E-state index is -4.35. The number of benzene rings is 1. The van der Waals surface area contributed by atoms with Crippen LogP contribution < -0.4 is 5.73 Å². The van der Waals surface area contributed by atoms with E-state index < -0.39 is 18.3 Å². The van der Waals surface area contributed by atoms with Crippen molar-refractivity contribution in [1.82, 2.24) is 9.80 Å². The molecule has 128 valence electrons. The second-order valence-electron chi connectivity index (χ2n) is 5.73. The summed E-state index contributed by atoms with van der Waals surface area (Å²) in [7, 11) is 0. The molecule has 1 fully saturated rings. The summed E-state index contributed by atoms with van der Waals surface area (Å²) < 4.78 is 40.5. The fourth-order valence-corrected chi connectivity index (χ4v) is 2.85. The van der Waals surface area contributed by atoms with E-state index in [0.717, 1.165) is 0 Å². The standard InChI is InChI=1S/C16H22F3N3O/c1-2-13(20)15(23)22-10-8-21(9-11-22)14(16(17,18)19)12-6-4-3-5-7-12/h3-7,13-14H,2,8-11,20H2,1H3/t13-,14+/m0/s1. The number of nitrogens with two attached hydrogens (primary N) is 1. The summed E-state index contributed by atoms with van der Waals surface area (Å²) in [6.07, 6.45) is -3.83. The van der Waals surface area contributed by atoms with Gasteiger partial charge in [-0.15, -0.1) is 0 Å². The molecule has 2 atom stereocenters. The Balaban J connectivity index is 2.08. The first-order valence-electron chi connectivity index (χ1n) is 7.74. The number of rotatable bonds is 4. The summed E-state index contributed by atoms with van der Waals surface area (Å²) >= 11 is 0. The molecule has 2 N–H and O–H groups in total. The van der Waals surface area contributed by atoms with Gasteiger partial charge in [0.2, 0.25) is 5.91 Å². The van der Waals surface area contributed by atoms with E-state index in [9.17, 15) is 18.0 Å². The van der Waals surface area contributed by atoms with Crippen molar-refractivity contribution in [3.63, 3.8) is 0 Å². The lowest BCUT2D eigenvalue weighted by atomic mass is 10.0. The van der Waals surface area contributed by atoms with Crippen LogP contribution in [-0.2, 0) is 4.79 Å². The Morgan fingerprint density at radius 3 is 2.22 bits per heavy atom. The van der Waals surface area contributed by atoms with E-state index in [1.165, 1.54) is 17.0 Å². The zero-order valence-corrected chi connectivity index (χ0v) is 13.1. The van der Waals surface area contributed by atoms with Crippen LogP contribution in [-0.4, -0.2) is 54.1 Å². The van der Waals surface area contributed by atoms with Crippen molar-refractivity contribution in [3.05, 3.63) is 35.9 Å². The normalized spacial score (nSPS) is 19.4.